The molecule has 1 unspecified atom stereocenters. The molecule has 0 bridgehead atoms. The number of amides is 1. The van der Waals surface area contributed by atoms with Gasteiger partial charge in [0.2, 0.25) is 5.91 Å². The number of rotatable bonds is 3. The third-order valence-electron chi connectivity index (χ3n) is 4.49. The second kappa shape index (κ2) is 6.77. The smallest absolute Gasteiger partial charge is 0.228 e. The maximum Gasteiger partial charge on any atom is 0.228 e. The van der Waals surface area contributed by atoms with Crippen LogP contribution < -0.4 is 0 Å². The molecule has 1 aromatic carbocycles. The Hall–Kier alpha value is -2.14. The highest BCUT2D eigenvalue weighted by Gasteiger charge is 2.31. The van der Waals surface area contributed by atoms with Crippen molar-refractivity contribution in [3.8, 4) is 5.69 Å². The first kappa shape index (κ1) is 16.7. The Bertz CT molecular complexity index is 694. The Morgan fingerprint density at radius 3 is 2.79 bits per heavy atom. The van der Waals surface area contributed by atoms with Gasteiger partial charge in [0.15, 0.2) is 0 Å². The fourth-order valence-corrected chi connectivity index (χ4v) is 3.37. The van der Waals surface area contributed by atoms with Crippen LogP contribution in [0.3, 0.4) is 0 Å². The quantitative estimate of drug-likeness (QED) is 0.942. The molecule has 1 amide bonds. The third kappa shape index (κ3) is 4.03. The van der Waals surface area contributed by atoms with Gasteiger partial charge in [-0.15, -0.1) is 0 Å². The van der Waals surface area contributed by atoms with Crippen LogP contribution in [0.25, 0.3) is 5.69 Å². The van der Waals surface area contributed by atoms with Crippen LogP contribution in [0.15, 0.2) is 42.6 Å². The summed E-state index contributed by atoms with van der Waals surface area (Å²) in [6.45, 7) is 5.50. The minimum absolute atomic E-state index is 0.0605. The van der Waals surface area contributed by atoms with Gasteiger partial charge in [-0.2, -0.15) is 5.10 Å². The molecule has 1 aliphatic rings. The van der Waals surface area contributed by atoms with Gasteiger partial charge in [-0.3, -0.25) is 4.79 Å². The van der Waals surface area contributed by atoms with Crippen molar-refractivity contribution in [2.75, 3.05) is 13.1 Å². The number of para-hydroxylation sites is 1. The molecular weight excluding hydrogens is 302 g/mol. The summed E-state index contributed by atoms with van der Waals surface area (Å²) >= 11 is 0. The molecule has 0 radical (unpaired) electrons. The molecule has 2 aromatic rings. The number of aromatic nitrogens is 2. The summed E-state index contributed by atoms with van der Waals surface area (Å²) < 4.78 is 1.79. The average molecular weight is 327 g/mol. The molecule has 1 atom stereocenters. The highest BCUT2D eigenvalue weighted by Crippen LogP contribution is 2.28. The zero-order valence-corrected chi connectivity index (χ0v) is 14.4. The topological polar surface area (TPSA) is 58.4 Å². The van der Waals surface area contributed by atoms with Gasteiger partial charge >= 0.3 is 0 Å². The molecule has 1 N–H and O–H groups in total. The SMILES string of the molecule is CC1(C)CC(O)CCN(C(=O)Cc2ccn(-c3ccccc3)n2)C1. The predicted molar refractivity (Wildman–Crippen MR) is 92.9 cm³/mol. The summed E-state index contributed by atoms with van der Waals surface area (Å²) in [6, 6.07) is 11.8. The molecule has 5 heteroatoms. The number of benzene rings is 1. The van der Waals surface area contributed by atoms with Crippen LogP contribution in [0.1, 0.15) is 32.4 Å². The predicted octanol–water partition coefficient (Wildman–Crippen LogP) is 2.42. The fourth-order valence-electron chi connectivity index (χ4n) is 3.37. The van der Waals surface area contributed by atoms with E-state index < -0.39 is 0 Å². The van der Waals surface area contributed by atoms with Crippen molar-refractivity contribution in [3.05, 3.63) is 48.3 Å². The van der Waals surface area contributed by atoms with E-state index in [2.05, 4.69) is 18.9 Å². The van der Waals surface area contributed by atoms with Gasteiger partial charge in [-0.25, -0.2) is 4.68 Å². The number of likely N-dealkylation sites (tertiary alicyclic amines) is 1. The number of aliphatic hydroxyl groups is 1. The van der Waals surface area contributed by atoms with Crippen LogP contribution in [0.4, 0.5) is 0 Å². The van der Waals surface area contributed by atoms with Gasteiger partial charge in [0.25, 0.3) is 0 Å². The first-order valence-corrected chi connectivity index (χ1v) is 8.49. The minimum atomic E-state index is -0.324. The minimum Gasteiger partial charge on any atom is -0.393 e. The summed E-state index contributed by atoms with van der Waals surface area (Å²) in [5, 5.41) is 14.5. The van der Waals surface area contributed by atoms with E-state index in [1.54, 1.807) is 4.68 Å². The molecule has 2 heterocycles. The van der Waals surface area contributed by atoms with E-state index in [9.17, 15) is 9.90 Å². The van der Waals surface area contributed by atoms with Gasteiger partial charge in [-0.05, 0) is 36.5 Å². The van der Waals surface area contributed by atoms with Crippen molar-refractivity contribution in [1.82, 2.24) is 14.7 Å². The van der Waals surface area contributed by atoms with E-state index >= 15 is 0 Å². The lowest BCUT2D eigenvalue weighted by Crippen LogP contribution is -2.38. The fraction of sp³-hybridized carbons (Fsp3) is 0.474. The van der Waals surface area contributed by atoms with Gasteiger partial charge in [0.05, 0.1) is 23.9 Å². The molecule has 0 aliphatic carbocycles. The molecule has 128 valence electrons. The molecule has 5 nitrogen and oxygen atoms in total. The van der Waals surface area contributed by atoms with Crippen molar-refractivity contribution < 1.29 is 9.90 Å². The molecule has 1 saturated heterocycles. The van der Waals surface area contributed by atoms with Crippen LogP contribution in [-0.2, 0) is 11.2 Å². The van der Waals surface area contributed by atoms with Crippen LogP contribution in [0.5, 0.6) is 0 Å². The molecular formula is C19H25N3O2. The normalized spacial score (nSPS) is 20.6. The van der Waals surface area contributed by atoms with E-state index in [0.29, 0.717) is 25.9 Å². The second-order valence-electron chi connectivity index (χ2n) is 7.39. The number of hydrogen-bond donors (Lipinski definition) is 1. The molecule has 0 spiro atoms. The van der Waals surface area contributed by atoms with E-state index in [0.717, 1.165) is 17.8 Å². The van der Waals surface area contributed by atoms with E-state index in [-0.39, 0.29) is 17.4 Å². The van der Waals surface area contributed by atoms with Crippen molar-refractivity contribution >= 4 is 5.91 Å². The van der Waals surface area contributed by atoms with Crippen molar-refractivity contribution in [2.24, 2.45) is 5.41 Å². The number of carbonyl (C=O) groups excluding carboxylic acids is 1. The van der Waals surface area contributed by atoms with Crippen molar-refractivity contribution in [1.29, 1.82) is 0 Å². The summed E-state index contributed by atoms with van der Waals surface area (Å²) in [5.74, 6) is 0.0792. The molecule has 0 saturated carbocycles. The van der Waals surface area contributed by atoms with Crippen molar-refractivity contribution in [2.45, 2.75) is 39.2 Å². The number of nitrogens with zero attached hydrogens (tertiary/aromatic N) is 3. The molecule has 1 aromatic heterocycles. The van der Waals surface area contributed by atoms with Gasteiger partial charge in [-0.1, -0.05) is 32.0 Å². The van der Waals surface area contributed by atoms with Crippen LogP contribution in [0, 0.1) is 5.41 Å². The molecule has 24 heavy (non-hydrogen) atoms. The zero-order valence-electron chi connectivity index (χ0n) is 14.4. The summed E-state index contributed by atoms with van der Waals surface area (Å²) in [4.78, 5) is 14.5. The third-order valence-corrected chi connectivity index (χ3v) is 4.49. The van der Waals surface area contributed by atoms with Crippen LogP contribution in [-0.4, -0.2) is 44.9 Å². The Kier molecular flexibility index (Phi) is 4.71. The summed E-state index contributed by atoms with van der Waals surface area (Å²) in [5.41, 5.74) is 1.69. The van der Waals surface area contributed by atoms with Crippen LogP contribution in [0.2, 0.25) is 0 Å². The average Bonchev–Trinajstić information content (AvgIpc) is 2.94. The van der Waals surface area contributed by atoms with Crippen LogP contribution >= 0.6 is 0 Å². The van der Waals surface area contributed by atoms with Gasteiger partial charge in [0.1, 0.15) is 0 Å². The monoisotopic (exact) mass is 327 g/mol. The molecule has 1 fully saturated rings. The highest BCUT2D eigenvalue weighted by atomic mass is 16.3. The van der Waals surface area contributed by atoms with Gasteiger partial charge < -0.3 is 10.0 Å². The first-order valence-electron chi connectivity index (χ1n) is 8.49. The largest absolute Gasteiger partial charge is 0.393 e. The lowest BCUT2D eigenvalue weighted by atomic mass is 9.87. The number of aliphatic hydroxyl groups excluding tert-OH is 1. The second-order valence-corrected chi connectivity index (χ2v) is 7.39. The van der Waals surface area contributed by atoms with E-state index in [4.69, 9.17) is 0 Å². The van der Waals surface area contributed by atoms with E-state index in [1.807, 2.05) is 47.5 Å². The standard InChI is InChI=1S/C19H25N3O2/c1-19(2)13-17(23)9-10-21(14-19)18(24)12-15-8-11-22(20-15)16-6-4-3-5-7-16/h3-8,11,17,23H,9-10,12-14H2,1-2H3. The lowest BCUT2D eigenvalue weighted by Gasteiger charge is -2.29. The Morgan fingerprint density at radius 1 is 1.29 bits per heavy atom. The summed E-state index contributed by atoms with van der Waals surface area (Å²) in [7, 11) is 0. The summed E-state index contributed by atoms with van der Waals surface area (Å²) in [6.07, 6.45) is 3.24. The first-order chi connectivity index (χ1) is 11.4. The number of hydrogen-bond acceptors (Lipinski definition) is 3. The Balaban J connectivity index is 1.68. The maximum absolute atomic E-state index is 12.7. The molecule has 3 rings (SSSR count). The highest BCUT2D eigenvalue weighted by molar-refractivity contribution is 5.78. The maximum atomic E-state index is 12.7. The van der Waals surface area contributed by atoms with Gasteiger partial charge in [0, 0.05) is 19.3 Å². The molecule has 1 aliphatic heterocycles. The van der Waals surface area contributed by atoms with E-state index in [1.165, 1.54) is 0 Å². The Morgan fingerprint density at radius 2 is 2.04 bits per heavy atom. The van der Waals surface area contributed by atoms with Crippen molar-refractivity contribution in [3.63, 3.8) is 0 Å². The lowest BCUT2D eigenvalue weighted by molar-refractivity contribution is -0.131. The zero-order chi connectivity index (χ0) is 17.2. The number of carbonyl (C=O) groups is 1. The Labute approximate surface area is 142 Å².